The molecule has 0 saturated heterocycles. The molecule has 2 unspecified atom stereocenters. The average molecular weight is 417 g/mol. The Morgan fingerprint density at radius 3 is 2.61 bits per heavy atom. The SMILES string of the molecule is CN(C)CC1=CC=C(C2Nc3cccc4c(=O)[nH]nc(c34)C2c2ccc(F)cc2)CC1. The first-order valence-electron chi connectivity index (χ1n) is 10.6. The molecular weight excluding hydrogens is 391 g/mol. The predicted octanol–water partition coefficient (Wildman–Crippen LogP) is 4.20. The molecule has 2 aliphatic rings. The van der Waals surface area contributed by atoms with E-state index in [0.717, 1.165) is 41.7 Å². The molecule has 5 nitrogen and oxygen atoms in total. The van der Waals surface area contributed by atoms with Crippen LogP contribution in [0.3, 0.4) is 0 Å². The summed E-state index contributed by atoms with van der Waals surface area (Å²) in [4.78, 5) is 14.6. The van der Waals surface area contributed by atoms with Crippen LogP contribution in [0.25, 0.3) is 10.8 Å². The molecule has 5 rings (SSSR count). The molecule has 2 aromatic carbocycles. The minimum atomic E-state index is -0.266. The van der Waals surface area contributed by atoms with Gasteiger partial charge in [0.25, 0.3) is 5.56 Å². The number of aromatic amines is 1. The molecule has 0 radical (unpaired) electrons. The van der Waals surface area contributed by atoms with Crippen molar-refractivity contribution in [3.63, 3.8) is 0 Å². The molecule has 1 aliphatic heterocycles. The molecular formula is C25H25FN4O. The molecule has 0 spiro atoms. The van der Waals surface area contributed by atoms with E-state index in [1.54, 1.807) is 0 Å². The Morgan fingerprint density at radius 2 is 1.90 bits per heavy atom. The fourth-order valence-corrected chi connectivity index (χ4v) is 4.82. The predicted molar refractivity (Wildman–Crippen MR) is 122 cm³/mol. The number of anilines is 1. The first-order chi connectivity index (χ1) is 15.0. The molecule has 2 N–H and O–H groups in total. The number of hydrogen-bond acceptors (Lipinski definition) is 4. The molecule has 6 heteroatoms. The van der Waals surface area contributed by atoms with E-state index < -0.39 is 0 Å². The van der Waals surface area contributed by atoms with Gasteiger partial charge < -0.3 is 10.2 Å². The highest BCUT2D eigenvalue weighted by atomic mass is 19.1. The van der Waals surface area contributed by atoms with Gasteiger partial charge in [0.15, 0.2) is 0 Å². The fraction of sp³-hybridized carbons (Fsp3) is 0.280. The highest BCUT2D eigenvalue weighted by molar-refractivity contribution is 5.97. The van der Waals surface area contributed by atoms with Crippen LogP contribution in [0.15, 0.2) is 70.6 Å². The molecule has 1 aromatic heterocycles. The van der Waals surface area contributed by atoms with Crippen molar-refractivity contribution < 1.29 is 4.39 Å². The Morgan fingerprint density at radius 1 is 1.10 bits per heavy atom. The lowest BCUT2D eigenvalue weighted by Gasteiger charge is -2.37. The first-order valence-corrected chi connectivity index (χ1v) is 10.6. The second-order valence-electron chi connectivity index (χ2n) is 8.62. The van der Waals surface area contributed by atoms with Crippen LogP contribution < -0.4 is 10.9 Å². The molecule has 0 amide bonds. The second kappa shape index (κ2) is 7.78. The van der Waals surface area contributed by atoms with Crippen molar-refractivity contribution in [3.8, 4) is 0 Å². The maximum absolute atomic E-state index is 13.7. The van der Waals surface area contributed by atoms with E-state index in [0.29, 0.717) is 5.39 Å². The number of aromatic nitrogens is 2. The second-order valence-corrected chi connectivity index (χ2v) is 8.62. The Balaban J connectivity index is 1.65. The Bertz CT molecular complexity index is 1260. The van der Waals surface area contributed by atoms with Gasteiger partial charge in [0.2, 0.25) is 0 Å². The lowest BCUT2D eigenvalue weighted by molar-refractivity contribution is 0.437. The molecule has 0 bridgehead atoms. The Hall–Kier alpha value is -3.25. The number of hydrogen-bond donors (Lipinski definition) is 2. The van der Waals surface area contributed by atoms with Crippen molar-refractivity contribution in [2.45, 2.75) is 24.8 Å². The molecule has 2 heterocycles. The third-order valence-electron chi connectivity index (χ3n) is 6.20. The van der Waals surface area contributed by atoms with Gasteiger partial charge in [0.05, 0.1) is 23.0 Å². The van der Waals surface area contributed by atoms with E-state index >= 15 is 0 Å². The number of H-pyrrole nitrogens is 1. The van der Waals surface area contributed by atoms with Crippen LogP contribution in [0, 0.1) is 5.82 Å². The first kappa shape index (κ1) is 19.7. The van der Waals surface area contributed by atoms with Gasteiger partial charge in [0.1, 0.15) is 5.82 Å². The van der Waals surface area contributed by atoms with E-state index in [2.05, 4.69) is 46.7 Å². The number of nitrogens with zero attached hydrogens (tertiary/aromatic N) is 2. The van der Waals surface area contributed by atoms with E-state index in [4.69, 9.17) is 0 Å². The summed E-state index contributed by atoms with van der Waals surface area (Å²) in [5.41, 5.74) is 5.20. The maximum atomic E-state index is 13.7. The summed E-state index contributed by atoms with van der Waals surface area (Å²) < 4.78 is 13.7. The molecule has 0 saturated carbocycles. The standard InChI is InChI=1S/C25H25FN4O/c1-30(2)14-15-6-8-17(9-7-15)23-21(16-10-12-18(26)13-11-16)24-22-19(25(31)29-28-24)4-3-5-20(22)27-23/h3-6,8,10-13,21,23,27H,7,9,14H2,1-2H3,(H,29,31). The topological polar surface area (TPSA) is 61.0 Å². The van der Waals surface area contributed by atoms with Gasteiger partial charge in [-0.2, -0.15) is 5.10 Å². The van der Waals surface area contributed by atoms with Crippen molar-refractivity contribution in [1.29, 1.82) is 0 Å². The van der Waals surface area contributed by atoms with Crippen molar-refractivity contribution >= 4 is 16.5 Å². The number of allylic oxidation sites excluding steroid dienone is 2. The summed E-state index contributed by atoms with van der Waals surface area (Å²) in [5.74, 6) is -0.401. The zero-order valence-electron chi connectivity index (χ0n) is 17.7. The van der Waals surface area contributed by atoms with Crippen LogP contribution in [-0.2, 0) is 0 Å². The van der Waals surface area contributed by atoms with Crippen LogP contribution in [0.5, 0.6) is 0 Å². The summed E-state index contributed by atoms with van der Waals surface area (Å²) in [6.07, 6.45) is 6.39. The van der Waals surface area contributed by atoms with Gasteiger partial charge in [-0.3, -0.25) is 4.79 Å². The zero-order chi connectivity index (χ0) is 21.5. The Labute approximate surface area is 180 Å². The normalized spacial score (nSPS) is 20.4. The Kier molecular flexibility index (Phi) is 4.94. The van der Waals surface area contributed by atoms with Gasteiger partial charge in [0, 0.05) is 17.6 Å². The number of benzene rings is 2. The van der Waals surface area contributed by atoms with Crippen molar-refractivity contribution in [3.05, 3.63) is 93.2 Å². The van der Waals surface area contributed by atoms with Crippen LogP contribution >= 0.6 is 0 Å². The third kappa shape index (κ3) is 3.57. The van der Waals surface area contributed by atoms with Gasteiger partial charge in [-0.15, -0.1) is 0 Å². The number of nitrogens with one attached hydrogen (secondary N) is 2. The molecule has 158 valence electrons. The summed E-state index contributed by atoms with van der Waals surface area (Å²) in [5, 5.41) is 12.3. The third-order valence-corrected chi connectivity index (χ3v) is 6.20. The number of halogens is 1. The molecule has 1 aliphatic carbocycles. The smallest absolute Gasteiger partial charge is 0.272 e. The maximum Gasteiger partial charge on any atom is 0.272 e. The van der Waals surface area contributed by atoms with Crippen LogP contribution in [-0.4, -0.2) is 41.8 Å². The summed E-state index contributed by atoms with van der Waals surface area (Å²) in [6.45, 7) is 0.953. The van der Waals surface area contributed by atoms with Gasteiger partial charge in [-0.25, -0.2) is 9.49 Å². The number of rotatable bonds is 4. The van der Waals surface area contributed by atoms with Crippen LogP contribution in [0.1, 0.15) is 30.0 Å². The molecule has 31 heavy (non-hydrogen) atoms. The largest absolute Gasteiger partial charge is 0.377 e. The highest BCUT2D eigenvalue weighted by Gasteiger charge is 2.36. The summed E-state index contributed by atoms with van der Waals surface area (Å²) in [6, 6.07) is 12.3. The van der Waals surface area contributed by atoms with E-state index in [9.17, 15) is 9.18 Å². The lowest BCUT2D eigenvalue weighted by atomic mass is 9.77. The van der Waals surface area contributed by atoms with E-state index in [1.807, 2.05) is 30.3 Å². The van der Waals surface area contributed by atoms with Gasteiger partial charge >= 0.3 is 0 Å². The van der Waals surface area contributed by atoms with Crippen molar-refractivity contribution in [2.24, 2.45) is 0 Å². The van der Waals surface area contributed by atoms with Gasteiger partial charge in [-0.1, -0.05) is 35.9 Å². The lowest BCUT2D eigenvalue weighted by Crippen LogP contribution is -2.36. The summed E-state index contributed by atoms with van der Waals surface area (Å²) >= 11 is 0. The van der Waals surface area contributed by atoms with Crippen molar-refractivity contribution in [2.75, 3.05) is 26.0 Å². The molecule has 3 aromatic rings. The number of likely N-dealkylation sites (N-methyl/N-ethyl adjacent to an activating group) is 1. The highest BCUT2D eigenvalue weighted by Crippen LogP contribution is 2.43. The molecule has 0 fully saturated rings. The van der Waals surface area contributed by atoms with E-state index in [-0.39, 0.29) is 23.3 Å². The summed E-state index contributed by atoms with van der Waals surface area (Å²) in [7, 11) is 4.16. The van der Waals surface area contributed by atoms with Crippen LogP contribution in [0.4, 0.5) is 10.1 Å². The van der Waals surface area contributed by atoms with Crippen LogP contribution in [0.2, 0.25) is 0 Å². The zero-order valence-corrected chi connectivity index (χ0v) is 17.7. The molecule has 2 atom stereocenters. The minimum absolute atomic E-state index is 0.0286. The van der Waals surface area contributed by atoms with Crippen molar-refractivity contribution in [1.82, 2.24) is 15.1 Å². The average Bonchev–Trinajstić information content (AvgIpc) is 2.77. The quantitative estimate of drug-likeness (QED) is 0.669. The van der Waals surface area contributed by atoms with Gasteiger partial charge in [-0.05, 0) is 62.3 Å². The van der Waals surface area contributed by atoms with E-state index in [1.165, 1.54) is 23.3 Å². The monoisotopic (exact) mass is 416 g/mol. The fourth-order valence-electron chi connectivity index (χ4n) is 4.82. The minimum Gasteiger partial charge on any atom is -0.377 e.